The summed E-state index contributed by atoms with van der Waals surface area (Å²) in [5, 5.41) is 0. The first-order valence-corrected chi connectivity index (χ1v) is 12.4. The molecule has 7 nitrogen and oxygen atoms in total. The van der Waals surface area contributed by atoms with Crippen molar-refractivity contribution in [2.24, 2.45) is 0 Å². The molecule has 0 unspecified atom stereocenters. The number of ether oxygens (including phenoxy) is 1. The molecule has 1 aliphatic carbocycles. The van der Waals surface area contributed by atoms with E-state index in [0.29, 0.717) is 5.69 Å². The third-order valence-corrected chi connectivity index (χ3v) is 7.85. The fourth-order valence-electron chi connectivity index (χ4n) is 4.59. The zero-order chi connectivity index (χ0) is 25.4. The summed E-state index contributed by atoms with van der Waals surface area (Å²) in [7, 11) is -5.92. The van der Waals surface area contributed by atoms with Gasteiger partial charge in [-0.25, -0.2) is 13.4 Å². The predicted octanol–water partition coefficient (Wildman–Crippen LogP) is 4.43. The molecule has 0 bridgehead atoms. The van der Waals surface area contributed by atoms with Crippen LogP contribution < -0.4 is 4.90 Å². The van der Waals surface area contributed by atoms with Gasteiger partial charge in [0.2, 0.25) is 0 Å². The van der Waals surface area contributed by atoms with E-state index in [4.69, 9.17) is 4.74 Å². The number of hydrogen-bond acceptors (Lipinski definition) is 5. The second-order valence-electron chi connectivity index (χ2n) is 8.64. The number of halogens is 6. The van der Waals surface area contributed by atoms with Crippen molar-refractivity contribution in [3.05, 3.63) is 47.5 Å². The Balaban J connectivity index is 1.82. The largest absolute Gasteiger partial charge is 0.511 e. The van der Waals surface area contributed by atoms with E-state index in [-0.39, 0.29) is 29.2 Å². The number of H-pyrrole nitrogens is 1. The Hall–Kier alpha value is -2.32. The Kier molecular flexibility index (Phi) is 7.08. The number of nitrogens with zero attached hydrogens (tertiary/aromatic N) is 3. The van der Waals surface area contributed by atoms with E-state index >= 15 is 0 Å². The molecule has 0 amide bonds. The van der Waals surface area contributed by atoms with Crippen LogP contribution in [-0.4, -0.2) is 53.5 Å². The van der Waals surface area contributed by atoms with Crippen LogP contribution in [0.25, 0.3) is 0 Å². The maximum Gasteiger partial charge on any atom is 0.511 e. The molecule has 2 heterocycles. The number of benzene rings is 1. The molecule has 1 saturated carbocycles. The summed E-state index contributed by atoms with van der Waals surface area (Å²) in [6, 6.07) is 2.26. The topological polar surface area (TPSA) is 78.5 Å². The molecule has 35 heavy (non-hydrogen) atoms. The fraction of sp³-hybridized carbons (Fsp3) is 0.571. The van der Waals surface area contributed by atoms with Crippen molar-refractivity contribution in [2.45, 2.75) is 62.6 Å². The Labute approximate surface area is 198 Å². The predicted molar refractivity (Wildman–Crippen MR) is 114 cm³/mol. The van der Waals surface area contributed by atoms with Gasteiger partial charge in [-0.2, -0.15) is 30.6 Å². The van der Waals surface area contributed by atoms with Crippen molar-refractivity contribution >= 4 is 15.7 Å². The lowest BCUT2D eigenvalue weighted by atomic mass is 10.0. The van der Waals surface area contributed by atoms with Gasteiger partial charge in [-0.1, -0.05) is 18.9 Å². The van der Waals surface area contributed by atoms with E-state index < -0.39 is 52.0 Å². The molecule has 14 heteroatoms. The summed E-state index contributed by atoms with van der Waals surface area (Å²) < 4.78 is 113. The quantitative estimate of drug-likeness (QED) is 0.564. The minimum atomic E-state index is -5.92. The highest BCUT2D eigenvalue weighted by atomic mass is 32.2. The van der Waals surface area contributed by atoms with Gasteiger partial charge in [0, 0.05) is 30.5 Å². The second kappa shape index (κ2) is 9.62. The summed E-state index contributed by atoms with van der Waals surface area (Å²) in [6.07, 6.45) is 1.14. The van der Waals surface area contributed by atoms with Crippen molar-refractivity contribution in [2.75, 3.05) is 18.1 Å². The van der Waals surface area contributed by atoms with Gasteiger partial charge >= 0.3 is 21.7 Å². The minimum absolute atomic E-state index is 0.00526. The van der Waals surface area contributed by atoms with Gasteiger partial charge in [-0.3, -0.25) is 0 Å². The SMILES string of the molecule is O=S(=O)(N1Cc2c(cccc2C(F)(F)F)N(Cc2cnc[nH]2)[C@H](COC2CCCC2)C1)C(F)(F)F. The van der Waals surface area contributed by atoms with Crippen LogP contribution in [0.15, 0.2) is 30.7 Å². The number of fused-ring (bicyclic) bond motifs is 1. The first-order chi connectivity index (χ1) is 16.4. The molecular weight excluding hydrogens is 502 g/mol. The molecule has 1 aromatic carbocycles. The van der Waals surface area contributed by atoms with Crippen LogP contribution in [0.5, 0.6) is 0 Å². The average Bonchev–Trinajstić information content (AvgIpc) is 3.44. The molecule has 0 saturated heterocycles. The van der Waals surface area contributed by atoms with Crippen LogP contribution in [0.2, 0.25) is 0 Å². The highest BCUT2D eigenvalue weighted by Crippen LogP contribution is 2.41. The lowest BCUT2D eigenvalue weighted by molar-refractivity contribution is -0.138. The number of nitrogens with one attached hydrogen (secondary N) is 1. The smallest absolute Gasteiger partial charge is 0.376 e. The third kappa shape index (κ3) is 5.43. The number of hydrogen-bond donors (Lipinski definition) is 1. The first kappa shape index (κ1) is 25.8. The number of aromatic amines is 1. The van der Waals surface area contributed by atoms with Gasteiger partial charge in [0.15, 0.2) is 0 Å². The van der Waals surface area contributed by atoms with Crippen LogP contribution in [0.3, 0.4) is 0 Å². The summed E-state index contributed by atoms with van der Waals surface area (Å²) in [4.78, 5) is 8.20. The molecule has 1 atom stereocenters. The number of rotatable bonds is 6. The van der Waals surface area contributed by atoms with Gasteiger partial charge in [-0.15, -0.1) is 0 Å². The van der Waals surface area contributed by atoms with Crippen molar-refractivity contribution in [1.29, 1.82) is 0 Å². The number of imidazole rings is 1. The van der Waals surface area contributed by atoms with Crippen LogP contribution in [0, 0.1) is 0 Å². The van der Waals surface area contributed by atoms with Crippen molar-refractivity contribution in [3.8, 4) is 0 Å². The molecule has 1 N–H and O–H groups in total. The molecule has 1 fully saturated rings. The highest BCUT2D eigenvalue weighted by Gasteiger charge is 2.52. The van der Waals surface area contributed by atoms with E-state index in [1.165, 1.54) is 23.5 Å². The standard InChI is InChI=1S/C21H24F6N4O3S/c22-20(23,24)18-6-3-7-19-17(18)11-30(35(32,33)21(25,26)27)10-15(12-34-16-4-1-2-5-16)31(19)9-14-8-28-13-29-14/h3,6-8,13,15-16H,1-2,4-5,9-12H2,(H,28,29)/t15-/m0/s1. The molecule has 194 valence electrons. The van der Waals surface area contributed by atoms with Crippen molar-refractivity contribution < 1.29 is 39.5 Å². The molecule has 4 rings (SSSR count). The number of alkyl halides is 6. The summed E-state index contributed by atoms with van der Waals surface area (Å²) in [6.45, 7) is -1.97. The van der Waals surface area contributed by atoms with Gasteiger partial charge in [0.1, 0.15) is 0 Å². The molecule has 1 aliphatic heterocycles. The maximum absolute atomic E-state index is 13.9. The number of sulfonamides is 1. The molecule has 1 aromatic heterocycles. The summed E-state index contributed by atoms with van der Waals surface area (Å²) in [5.74, 6) is 0. The first-order valence-electron chi connectivity index (χ1n) is 11.0. The Morgan fingerprint density at radius 1 is 1.11 bits per heavy atom. The lowest BCUT2D eigenvalue weighted by Crippen LogP contribution is -2.49. The van der Waals surface area contributed by atoms with Gasteiger partial charge in [0.25, 0.3) is 0 Å². The van der Waals surface area contributed by atoms with Crippen LogP contribution >= 0.6 is 0 Å². The van der Waals surface area contributed by atoms with E-state index in [1.807, 2.05) is 0 Å². The Bertz CT molecular complexity index is 1120. The number of aromatic nitrogens is 2. The lowest BCUT2D eigenvalue weighted by Gasteiger charge is -2.34. The van der Waals surface area contributed by atoms with Crippen LogP contribution in [-0.2, 0) is 34.0 Å². The van der Waals surface area contributed by atoms with Gasteiger partial charge in [0.05, 0.1) is 42.9 Å². The second-order valence-corrected chi connectivity index (χ2v) is 10.6. The van der Waals surface area contributed by atoms with E-state index in [1.54, 1.807) is 0 Å². The molecule has 0 radical (unpaired) electrons. The maximum atomic E-state index is 13.9. The van der Waals surface area contributed by atoms with Crippen molar-refractivity contribution in [3.63, 3.8) is 0 Å². The zero-order valence-corrected chi connectivity index (χ0v) is 19.3. The van der Waals surface area contributed by atoms with Gasteiger partial charge in [-0.05, 0) is 25.0 Å². The monoisotopic (exact) mass is 526 g/mol. The molecule has 2 aliphatic rings. The zero-order valence-electron chi connectivity index (χ0n) is 18.4. The van der Waals surface area contributed by atoms with Crippen LogP contribution in [0.4, 0.5) is 32.0 Å². The fourth-order valence-corrected chi connectivity index (χ4v) is 5.55. The van der Waals surface area contributed by atoms with E-state index in [9.17, 15) is 34.8 Å². The molecule has 0 spiro atoms. The summed E-state index contributed by atoms with van der Waals surface area (Å²) in [5.41, 5.74) is -6.92. The van der Waals surface area contributed by atoms with E-state index in [0.717, 1.165) is 37.8 Å². The van der Waals surface area contributed by atoms with Gasteiger partial charge < -0.3 is 14.6 Å². The summed E-state index contributed by atoms with van der Waals surface area (Å²) >= 11 is 0. The minimum Gasteiger partial charge on any atom is -0.376 e. The third-order valence-electron chi connectivity index (χ3n) is 6.31. The molecular formula is C21H24F6N4O3S. The Morgan fingerprint density at radius 3 is 2.43 bits per heavy atom. The van der Waals surface area contributed by atoms with E-state index in [2.05, 4.69) is 9.97 Å². The van der Waals surface area contributed by atoms with Crippen LogP contribution in [0.1, 0.15) is 42.5 Å². The normalized spacial score (nSPS) is 20.7. The average molecular weight is 527 g/mol. The van der Waals surface area contributed by atoms with Crippen molar-refractivity contribution in [1.82, 2.24) is 14.3 Å². The molecule has 2 aromatic rings. The number of anilines is 1. The Morgan fingerprint density at radius 2 is 1.83 bits per heavy atom. The highest BCUT2D eigenvalue weighted by molar-refractivity contribution is 7.89.